The van der Waals surface area contributed by atoms with Crippen molar-refractivity contribution in [2.45, 2.75) is 12.6 Å². The van der Waals surface area contributed by atoms with Crippen molar-refractivity contribution in [3.63, 3.8) is 0 Å². The minimum absolute atomic E-state index is 0.133. The highest BCUT2D eigenvalue weighted by Gasteiger charge is 2.40. The molecule has 0 saturated carbocycles. The second kappa shape index (κ2) is 7.44. The Balaban J connectivity index is 1.47. The highest BCUT2D eigenvalue weighted by molar-refractivity contribution is 6.52. The molecule has 2 aromatic rings. The van der Waals surface area contributed by atoms with Gasteiger partial charge in [0.2, 0.25) is 0 Å². The van der Waals surface area contributed by atoms with Crippen LogP contribution in [0.15, 0.2) is 24.3 Å². The Labute approximate surface area is 178 Å². The van der Waals surface area contributed by atoms with E-state index < -0.39 is 17.8 Å². The van der Waals surface area contributed by atoms with Crippen LogP contribution < -0.4 is 23.8 Å². The van der Waals surface area contributed by atoms with Gasteiger partial charge in [0.25, 0.3) is 5.78 Å². The van der Waals surface area contributed by atoms with Gasteiger partial charge in [0, 0.05) is 30.3 Å². The first-order chi connectivity index (χ1) is 15.0. The molecule has 0 unspecified atom stereocenters. The number of rotatable bonds is 4. The van der Waals surface area contributed by atoms with E-state index in [-0.39, 0.29) is 13.2 Å². The van der Waals surface area contributed by atoms with E-state index >= 15 is 0 Å². The first-order valence-corrected chi connectivity index (χ1v) is 9.95. The van der Waals surface area contributed by atoms with E-state index in [4.69, 9.17) is 18.9 Å². The van der Waals surface area contributed by atoms with E-state index in [0.29, 0.717) is 59.6 Å². The molecule has 0 aromatic heterocycles. The smallest absolute Gasteiger partial charge is 0.300 e. The van der Waals surface area contributed by atoms with E-state index in [0.717, 1.165) is 5.56 Å². The molecule has 0 radical (unpaired) electrons. The standard InChI is InChI=1S/C22H22N2O7/c1-28-16-3-4-17(29-2)20-13(16)9-23(10-15(20)25)11-24-14-8-19-18(30-5-6-31-19)7-12(14)21(26)22(24)27/h3-4,7-8,15,25H,5-6,9-11H2,1-2H3/t15-/m0/s1. The van der Waals surface area contributed by atoms with E-state index in [9.17, 15) is 14.7 Å². The van der Waals surface area contributed by atoms with Crippen LogP contribution in [0.1, 0.15) is 27.6 Å². The predicted molar refractivity (Wildman–Crippen MR) is 109 cm³/mol. The number of β-amino-alcohol motifs (C(OH)–C–C–N with tert-alkyl or cyclic N) is 1. The molecule has 0 spiro atoms. The Morgan fingerprint density at radius 2 is 1.74 bits per heavy atom. The maximum absolute atomic E-state index is 12.8. The topological polar surface area (TPSA) is 97.8 Å². The molecule has 0 aliphatic carbocycles. The number of hydrogen-bond acceptors (Lipinski definition) is 8. The Morgan fingerprint density at radius 3 is 2.45 bits per heavy atom. The third kappa shape index (κ3) is 3.08. The average Bonchev–Trinajstić information content (AvgIpc) is 3.01. The molecule has 162 valence electrons. The fourth-order valence-electron chi connectivity index (χ4n) is 4.42. The van der Waals surface area contributed by atoms with E-state index in [1.54, 1.807) is 38.5 Å². The van der Waals surface area contributed by atoms with Gasteiger partial charge in [0.05, 0.1) is 38.2 Å². The quantitative estimate of drug-likeness (QED) is 0.735. The van der Waals surface area contributed by atoms with E-state index in [2.05, 4.69) is 0 Å². The molecule has 3 aliphatic rings. The Kier molecular flexibility index (Phi) is 4.71. The Bertz CT molecular complexity index is 1080. The number of methoxy groups -OCH3 is 2. The lowest BCUT2D eigenvalue weighted by atomic mass is 9.95. The lowest BCUT2D eigenvalue weighted by Gasteiger charge is -2.36. The van der Waals surface area contributed by atoms with Crippen LogP contribution in [0.4, 0.5) is 5.69 Å². The molecule has 0 saturated heterocycles. The number of hydrogen-bond donors (Lipinski definition) is 1. The molecular formula is C22H22N2O7. The third-order valence-electron chi connectivity index (χ3n) is 5.84. The number of amides is 1. The van der Waals surface area contributed by atoms with Crippen molar-refractivity contribution in [3.8, 4) is 23.0 Å². The van der Waals surface area contributed by atoms with Gasteiger partial charge >= 0.3 is 5.91 Å². The zero-order chi connectivity index (χ0) is 21.7. The second-order valence-electron chi connectivity index (χ2n) is 7.61. The monoisotopic (exact) mass is 426 g/mol. The van der Waals surface area contributed by atoms with Gasteiger partial charge in [0.1, 0.15) is 24.7 Å². The van der Waals surface area contributed by atoms with Crippen LogP contribution in [0.5, 0.6) is 23.0 Å². The number of ether oxygens (including phenoxy) is 4. The number of nitrogens with zero attached hydrogens (tertiary/aromatic N) is 2. The lowest BCUT2D eigenvalue weighted by Crippen LogP contribution is -2.44. The summed E-state index contributed by atoms with van der Waals surface area (Å²) in [4.78, 5) is 28.7. The number of ketones is 1. The van der Waals surface area contributed by atoms with Gasteiger partial charge in [-0.3, -0.25) is 19.4 Å². The molecule has 3 aliphatic heterocycles. The molecule has 31 heavy (non-hydrogen) atoms. The molecule has 5 rings (SSSR count). The van der Waals surface area contributed by atoms with E-state index in [1.165, 1.54) is 4.90 Å². The van der Waals surface area contributed by atoms with Crippen LogP contribution in [0.3, 0.4) is 0 Å². The number of aliphatic hydroxyl groups excluding tert-OH is 1. The molecular weight excluding hydrogens is 404 g/mol. The minimum Gasteiger partial charge on any atom is -0.496 e. The number of anilines is 1. The summed E-state index contributed by atoms with van der Waals surface area (Å²) >= 11 is 0. The van der Waals surface area contributed by atoms with Gasteiger partial charge in [-0.15, -0.1) is 0 Å². The highest BCUT2D eigenvalue weighted by atomic mass is 16.6. The van der Waals surface area contributed by atoms with Crippen molar-refractivity contribution in [2.75, 3.05) is 45.5 Å². The predicted octanol–water partition coefficient (Wildman–Crippen LogP) is 1.51. The summed E-state index contributed by atoms with van der Waals surface area (Å²) in [6.45, 7) is 1.63. The summed E-state index contributed by atoms with van der Waals surface area (Å²) in [5.74, 6) is 0.993. The Morgan fingerprint density at radius 1 is 1.06 bits per heavy atom. The fourth-order valence-corrected chi connectivity index (χ4v) is 4.42. The van der Waals surface area contributed by atoms with Gasteiger partial charge in [-0.05, 0) is 18.2 Å². The number of carbonyl (C=O) groups is 2. The number of aliphatic hydroxyl groups is 1. The summed E-state index contributed by atoms with van der Waals surface area (Å²) in [5.41, 5.74) is 2.26. The highest BCUT2D eigenvalue weighted by Crippen LogP contribution is 2.42. The first-order valence-electron chi connectivity index (χ1n) is 9.95. The SMILES string of the molecule is COc1ccc(OC)c2c1CN(CN1C(=O)C(=O)c3cc4c(cc31)OCCO4)C[C@@H]2O. The van der Waals surface area contributed by atoms with Crippen molar-refractivity contribution in [1.82, 2.24) is 4.90 Å². The average molecular weight is 426 g/mol. The summed E-state index contributed by atoms with van der Waals surface area (Å²) < 4.78 is 22.0. The van der Waals surface area contributed by atoms with Crippen LogP contribution >= 0.6 is 0 Å². The van der Waals surface area contributed by atoms with Gasteiger partial charge in [0.15, 0.2) is 11.5 Å². The van der Waals surface area contributed by atoms with Crippen LogP contribution in [0.2, 0.25) is 0 Å². The summed E-state index contributed by atoms with van der Waals surface area (Å²) in [6.07, 6.45) is -0.832. The Hall–Kier alpha value is -3.30. The van der Waals surface area contributed by atoms with Gasteiger partial charge in [-0.2, -0.15) is 0 Å². The number of benzene rings is 2. The summed E-state index contributed by atoms with van der Waals surface area (Å²) in [5, 5.41) is 10.8. The number of carbonyl (C=O) groups excluding carboxylic acids is 2. The van der Waals surface area contributed by atoms with Gasteiger partial charge in [-0.25, -0.2) is 0 Å². The van der Waals surface area contributed by atoms with Crippen molar-refractivity contribution < 1.29 is 33.6 Å². The van der Waals surface area contributed by atoms with Crippen molar-refractivity contribution in [2.24, 2.45) is 0 Å². The number of fused-ring (bicyclic) bond motifs is 3. The van der Waals surface area contributed by atoms with Crippen molar-refractivity contribution in [1.29, 1.82) is 0 Å². The van der Waals surface area contributed by atoms with Crippen LogP contribution in [-0.4, -0.2) is 62.3 Å². The van der Waals surface area contributed by atoms with Crippen molar-refractivity contribution >= 4 is 17.4 Å². The minimum atomic E-state index is -0.832. The lowest BCUT2D eigenvalue weighted by molar-refractivity contribution is -0.114. The second-order valence-corrected chi connectivity index (χ2v) is 7.61. The van der Waals surface area contributed by atoms with Crippen LogP contribution in [-0.2, 0) is 11.3 Å². The molecule has 0 fully saturated rings. The molecule has 1 atom stereocenters. The fraction of sp³-hybridized carbons (Fsp3) is 0.364. The van der Waals surface area contributed by atoms with Crippen molar-refractivity contribution in [3.05, 3.63) is 41.0 Å². The normalized spacial score (nSPS) is 19.8. The maximum Gasteiger partial charge on any atom is 0.300 e. The van der Waals surface area contributed by atoms with Crippen LogP contribution in [0.25, 0.3) is 0 Å². The van der Waals surface area contributed by atoms with E-state index in [1.807, 2.05) is 4.90 Å². The zero-order valence-corrected chi connectivity index (χ0v) is 17.2. The molecule has 2 aromatic carbocycles. The first kappa shape index (κ1) is 19.7. The molecule has 9 heteroatoms. The molecule has 1 amide bonds. The maximum atomic E-state index is 12.8. The molecule has 0 bridgehead atoms. The summed E-state index contributed by atoms with van der Waals surface area (Å²) in [6, 6.07) is 6.79. The van der Waals surface area contributed by atoms with Crippen LogP contribution in [0, 0.1) is 0 Å². The molecule has 9 nitrogen and oxygen atoms in total. The number of Topliss-reactive ketones (excluding diaryl/α,β-unsaturated/α-hetero) is 1. The molecule has 3 heterocycles. The summed E-state index contributed by atoms with van der Waals surface area (Å²) in [7, 11) is 3.12. The zero-order valence-electron chi connectivity index (χ0n) is 17.2. The largest absolute Gasteiger partial charge is 0.496 e. The third-order valence-corrected chi connectivity index (χ3v) is 5.84. The molecule has 1 N–H and O–H groups in total. The van der Waals surface area contributed by atoms with Gasteiger partial charge in [-0.1, -0.05) is 0 Å². The van der Waals surface area contributed by atoms with Gasteiger partial charge < -0.3 is 24.1 Å².